The molecule has 7 nitrogen and oxygen atoms in total. The van der Waals surface area contributed by atoms with Crippen LogP contribution in [0.25, 0.3) is 0 Å². The highest BCUT2D eigenvalue weighted by molar-refractivity contribution is 6.31. The first kappa shape index (κ1) is 25.3. The molecule has 2 bridgehead atoms. The molecule has 1 amide bonds. The number of rotatable bonds is 6. The van der Waals surface area contributed by atoms with Crippen molar-refractivity contribution < 1.29 is 4.79 Å². The molecule has 0 aliphatic carbocycles. The number of carbonyl (C=O) groups is 1. The van der Waals surface area contributed by atoms with Crippen molar-refractivity contribution in [2.24, 2.45) is 5.92 Å². The Morgan fingerprint density at radius 1 is 0.895 bits per heavy atom. The third-order valence-electron chi connectivity index (χ3n) is 8.36. The number of hydrogen-bond donors (Lipinski definition) is 1. The molecule has 0 radical (unpaired) electrons. The van der Waals surface area contributed by atoms with Crippen LogP contribution < -0.4 is 10.2 Å². The summed E-state index contributed by atoms with van der Waals surface area (Å²) in [6.45, 7) is 6.30. The monoisotopic (exact) mass is 530 g/mol. The Labute approximate surface area is 229 Å². The molecule has 38 heavy (non-hydrogen) atoms. The number of pyridine rings is 2. The average molecular weight is 531 g/mol. The normalized spacial score (nSPS) is 22.8. The van der Waals surface area contributed by atoms with Crippen molar-refractivity contribution in [3.63, 3.8) is 0 Å². The van der Waals surface area contributed by atoms with Gasteiger partial charge in [0.05, 0.1) is 0 Å². The summed E-state index contributed by atoms with van der Waals surface area (Å²) in [7, 11) is 0. The fourth-order valence-corrected chi connectivity index (χ4v) is 6.58. The maximum atomic E-state index is 12.8. The molecular formula is C30H35ClN6O. The van der Waals surface area contributed by atoms with Gasteiger partial charge in [-0.2, -0.15) is 0 Å². The number of anilines is 2. The summed E-state index contributed by atoms with van der Waals surface area (Å²) in [4.78, 5) is 29.4. The van der Waals surface area contributed by atoms with Crippen molar-refractivity contribution in [3.05, 3.63) is 83.3 Å². The molecule has 7 rings (SSSR count). The first-order chi connectivity index (χ1) is 18.6. The topological polar surface area (TPSA) is 64.6 Å². The summed E-state index contributed by atoms with van der Waals surface area (Å²) in [5.41, 5.74) is 2.39. The average Bonchev–Trinajstić information content (AvgIpc) is 3.28. The van der Waals surface area contributed by atoms with Gasteiger partial charge >= 0.3 is 0 Å². The summed E-state index contributed by atoms with van der Waals surface area (Å²) in [6, 6.07) is 18.7. The van der Waals surface area contributed by atoms with Crippen LogP contribution >= 0.6 is 11.6 Å². The number of likely N-dealkylation sites (tertiary alicyclic amines) is 1. The van der Waals surface area contributed by atoms with Crippen LogP contribution in [-0.4, -0.2) is 70.5 Å². The van der Waals surface area contributed by atoms with E-state index in [0.717, 1.165) is 49.3 Å². The van der Waals surface area contributed by atoms with Crippen LogP contribution in [0.1, 0.15) is 41.7 Å². The van der Waals surface area contributed by atoms with E-state index >= 15 is 0 Å². The van der Waals surface area contributed by atoms with E-state index in [0.29, 0.717) is 23.7 Å². The lowest BCUT2D eigenvalue weighted by molar-refractivity contribution is 0.0425. The quantitative estimate of drug-likeness (QED) is 0.486. The molecule has 1 aromatic carbocycles. The zero-order chi connectivity index (χ0) is 25.9. The minimum Gasteiger partial charge on any atom is -0.355 e. The number of carbonyl (C=O) groups excluding carboxylic acids is 1. The zero-order valence-corrected chi connectivity index (χ0v) is 22.4. The largest absolute Gasteiger partial charge is 0.355 e. The van der Waals surface area contributed by atoms with E-state index in [9.17, 15) is 4.79 Å². The summed E-state index contributed by atoms with van der Waals surface area (Å²) >= 11 is 6.41. The van der Waals surface area contributed by atoms with Crippen LogP contribution in [0.4, 0.5) is 11.5 Å². The molecule has 1 N–H and O–H groups in total. The van der Waals surface area contributed by atoms with E-state index in [2.05, 4.69) is 37.1 Å². The predicted molar refractivity (Wildman–Crippen MR) is 152 cm³/mol. The SMILES string of the molecule is O=C(Nc1ccncc1)c1cccc(N2CC3CCC(C2)N(C2CCN(Cc4ccccc4Cl)CC2)C3)n1. The Morgan fingerprint density at radius 2 is 1.71 bits per heavy atom. The van der Waals surface area contributed by atoms with Crippen LogP contribution in [0.2, 0.25) is 5.02 Å². The Kier molecular flexibility index (Phi) is 7.58. The van der Waals surface area contributed by atoms with Gasteiger partial charge in [-0.3, -0.25) is 19.6 Å². The van der Waals surface area contributed by atoms with E-state index in [1.807, 2.05) is 24.3 Å². The third-order valence-corrected chi connectivity index (χ3v) is 8.73. The summed E-state index contributed by atoms with van der Waals surface area (Å²) in [6.07, 6.45) is 8.25. The molecule has 2 atom stereocenters. The van der Waals surface area contributed by atoms with E-state index in [-0.39, 0.29) is 5.91 Å². The van der Waals surface area contributed by atoms with Gasteiger partial charge < -0.3 is 10.2 Å². The Bertz CT molecular complexity index is 1250. The summed E-state index contributed by atoms with van der Waals surface area (Å²) in [5, 5.41) is 3.79. The second-order valence-corrected chi connectivity index (χ2v) is 11.3. The van der Waals surface area contributed by atoms with Crippen molar-refractivity contribution in [1.29, 1.82) is 0 Å². The highest BCUT2D eigenvalue weighted by atomic mass is 35.5. The number of aromatic nitrogens is 2. The van der Waals surface area contributed by atoms with Crippen LogP contribution in [-0.2, 0) is 6.54 Å². The zero-order valence-electron chi connectivity index (χ0n) is 21.7. The summed E-state index contributed by atoms with van der Waals surface area (Å²) in [5.74, 6) is 1.34. The molecule has 4 aliphatic rings. The molecule has 4 saturated heterocycles. The van der Waals surface area contributed by atoms with Crippen LogP contribution in [0, 0.1) is 5.92 Å². The van der Waals surface area contributed by atoms with Crippen LogP contribution in [0.5, 0.6) is 0 Å². The number of halogens is 1. The fraction of sp³-hybridized carbons (Fsp3) is 0.433. The van der Waals surface area contributed by atoms with Crippen molar-refractivity contribution in [3.8, 4) is 0 Å². The van der Waals surface area contributed by atoms with Crippen molar-refractivity contribution in [1.82, 2.24) is 19.8 Å². The van der Waals surface area contributed by atoms with Gasteiger partial charge in [0.25, 0.3) is 5.91 Å². The van der Waals surface area contributed by atoms with Crippen LogP contribution in [0.15, 0.2) is 67.0 Å². The first-order valence-corrected chi connectivity index (χ1v) is 14.1. The Balaban J connectivity index is 1.09. The van der Waals surface area contributed by atoms with Gasteiger partial charge in [0.2, 0.25) is 0 Å². The smallest absolute Gasteiger partial charge is 0.274 e. The number of fused-ring (bicyclic) bond motifs is 4. The minimum absolute atomic E-state index is 0.193. The van der Waals surface area contributed by atoms with Crippen LogP contribution in [0.3, 0.4) is 0 Å². The molecular weight excluding hydrogens is 496 g/mol. The molecule has 4 fully saturated rings. The number of nitrogens with one attached hydrogen (secondary N) is 1. The van der Waals surface area contributed by atoms with Crippen molar-refractivity contribution in [2.75, 3.05) is 42.9 Å². The van der Waals surface area contributed by atoms with Crippen molar-refractivity contribution in [2.45, 2.75) is 44.3 Å². The maximum absolute atomic E-state index is 12.8. The van der Waals surface area contributed by atoms with E-state index in [4.69, 9.17) is 16.6 Å². The molecule has 2 unspecified atom stereocenters. The second-order valence-electron chi connectivity index (χ2n) is 10.9. The van der Waals surface area contributed by atoms with E-state index in [1.165, 1.54) is 37.8 Å². The van der Waals surface area contributed by atoms with Gasteiger partial charge in [0.1, 0.15) is 11.5 Å². The third kappa shape index (κ3) is 5.70. The Morgan fingerprint density at radius 3 is 2.53 bits per heavy atom. The molecule has 2 aromatic heterocycles. The van der Waals surface area contributed by atoms with E-state index < -0.39 is 0 Å². The van der Waals surface area contributed by atoms with E-state index in [1.54, 1.807) is 30.6 Å². The number of piperidine rings is 2. The summed E-state index contributed by atoms with van der Waals surface area (Å²) < 4.78 is 0. The highest BCUT2D eigenvalue weighted by Crippen LogP contribution is 2.34. The molecule has 8 heteroatoms. The van der Waals surface area contributed by atoms with Gasteiger partial charge in [-0.1, -0.05) is 35.9 Å². The molecule has 0 spiro atoms. The number of hydrogen-bond acceptors (Lipinski definition) is 6. The fourth-order valence-electron chi connectivity index (χ4n) is 6.39. The minimum atomic E-state index is -0.193. The molecule has 3 aromatic rings. The molecule has 0 saturated carbocycles. The molecule has 6 heterocycles. The number of benzene rings is 1. The lowest BCUT2D eigenvalue weighted by Gasteiger charge is -2.45. The maximum Gasteiger partial charge on any atom is 0.274 e. The van der Waals surface area contributed by atoms with Gasteiger partial charge in [-0.25, -0.2) is 4.98 Å². The van der Waals surface area contributed by atoms with Gasteiger partial charge in [0, 0.05) is 61.4 Å². The predicted octanol–water partition coefficient (Wildman–Crippen LogP) is 4.95. The lowest BCUT2D eigenvalue weighted by atomic mass is 9.91. The van der Waals surface area contributed by atoms with Gasteiger partial charge in [-0.05, 0) is 80.6 Å². The molecule has 198 valence electrons. The second kappa shape index (κ2) is 11.4. The van der Waals surface area contributed by atoms with Gasteiger partial charge in [0.15, 0.2) is 0 Å². The number of nitrogens with zero attached hydrogens (tertiary/aromatic N) is 5. The lowest BCUT2D eigenvalue weighted by Crippen LogP contribution is -2.53. The first-order valence-electron chi connectivity index (χ1n) is 13.8. The van der Waals surface area contributed by atoms with Gasteiger partial charge in [-0.15, -0.1) is 0 Å². The number of amides is 1. The van der Waals surface area contributed by atoms with Crippen molar-refractivity contribution >= 4 is 29.0 Å². The standard InChI is InChI=1S/C30H35ClN6O/c31-27-5-2-1-4-23(27)20-35-16-12-25(13-17-35)37-19-22-8-9-26(37)21-36(18-22)29-7-3-6-28(34-29)30(38)33-24-10-14-32-15-11-24/h1-7,10-11,14-15,22,25-26H,8-9,12-13,16-21H2,(H,32,33,38). The molecule has 4 aliphatic heterocycles. The Hall–Kier alpha value is -3.00. The highest BCUT2D eigenvalue weighted by Gasteiger charge is 2.39.